The van der Waals surface area contributed by atoms with Crippen molar-refractivity contribution in [3.63, 3.8) is 0 Å². The summed E-state index contributed by atoms with van der Waals surface area (Å²) in [7, 11) is 2.09. The Bertz CT molecular complexity index is 2200. The minimum Gasteiger partial charge on any atom is -0.504 e. The number of nitrogens with zero attached hydrogens (tertiary/aromatic N) is 4. The summed E-state index contributed by atoms with van der Waals surface area (Å²) >= 11 is 0. The molecule has 9 rings (SSSR count). The van der Waals surface area contributed by atoms with Crippen LogP contribution >= 0.6 is 0 Å². The van der Waals surface area contributed by atoms with Crippen molar-refractivity contribution in [3.8, 4) is 11.3 Å². The maximum Gasteiger partial charge on any atom is 3.00 e. The van der Waals surface area contributed by atoms with Crippen molar-refractivity contribution in [1.82, 2.24) is 9.38 Å². The first-order valence-electron chi connectivity index (χ1n) is 14.1. The molecule has 3 aromatic heterocycles. The number of anilines is 3. The molecule has 43 heavy (non-hydrogen) atoms. The van der Waals surface area contributed by atoms with E-state index in [-0.39, 0.29) is 20.1 Å². The van der Waals surface area contributed by atoms with E-state index in [1.807, 2.05) is 43.5 Å². The van der Waals surface area contributed by atoms with E-state index in [4.69, 9.17) is 0 Å². The van der Waals surface area contributed by atoms with E-state index >= 15 is 0 Å². The van der Waals surface area contributed by atoms with Crippen molar-refractivity contribution in [2.45, 2.75) is 6.92 Å². The van der Waals surface area contributed by atoms with Crippen LogP contribution in [0.3, 0.4) is 0 Å². The average Bonchev–Trinajstić information content (AvgIpc) is 3.69. The molecule has 0 atom stereocenters. The molecule has 8 aromatic rings. The molecule has 1 aliphatic rings. The van der Waals surface area contributed by atoms with Gasteiger partial charge in [-0.3, -0.25) is 0 Å². The summed E-state index contributed by atoms with van der Waals surface area (Å²) in [4.78, 5) is 8.70. The van der Waals surface area contributed by atoms with Gasteiger partial charge in [0.2, 0.25) is 0 Å². The van der Waals surface area contributed by atoms with Crippen LogP contribution in [0.15, 0.2) is 121 Å². The molecule has 5 heteroatoms. The molecule has 0 unspecified atom stereocenters. The summed E-state index contributed by atoms with van der Waals surface area (Å²) in [6.07, 6.45) is 1.87. The third kappa shape index (κ3) is 4.44. The first-order chi connectivity index (χ1) is 20.7. The Labute approximate surface area is 264 Å². The first kappa shape index (κ1) is 27.2. The fraction of sp³-hybridized carbons (Fsp3) is 0.0526. The summed E-state index contributed by atoms with van der Waals surface area (Å²) in [5.41, 5.74) is 10.4. The summed E-state index contributed by atoms with van der Waals surface area (Å²) in [5.74, 6) is 0. The minimum absolute atomic E-state index is 0. The van der Waals surface area contributed by atoms with Crippen molar-refractivity contribution < 1.29 is 20.1 Å². The van der Waals surface area contributed by atoms with E-state index in [0.29, 0.717) is 0 Å². The smallest absolute Gasteiger partial charge is 0.504 e. The Hall–Kier alpha value is -4.70. The fourth-order valence-electron chi connectivity index (χ4n) is 6.13. The van der Waals surface area contributed by atoms with E-state index in [9.17, 15) is 0 Å². The average molecular weight is 732 g/mol. The van der Waals surface area contributed by atoms with E-state index in [2.05, 4.69) is 130 Å². The predicted molar refractivity (Wildman–Crippen MR) is 174 cm³/mol. The molecule has 0 fully saturated rings. The minimum atomic E-state index is 0. The van der Waals surface area contributed by atoms with Crippen LogP contribution in [0, 0.1) is 25.7 Å². The summed E-state index contributed by atoms with van der Waals surface area (Å²) < 4.78 is 2.39. The van der Waals surface area contributed by atoms with Crippen LogP contribution in [0.25, 0.3) is 49.4 Å². The number of rotatable bonds is 2. The standard InChI is InChI=1S/C26H17N3.C12H10N.Ir/c1-27-16-28(25-12-5-4-11-24(25)27)17-13-14-23-21(15-17)20-9-6-8-19-18-7-2-3-10-22(18)29(23)26(19)20;1-10-7-8-12(13-9-10)11-5-3-2-4-6-11;/h2-12,14-16H,1H3;2-5,7-9H,1H3;/q-2;-1;+3. The van der Waals surface area contributed by atoms with Crippen LogP contribution < -0.4 is 9.80 Å². The number of hydrogen-bond acceptors (Lipinski definition) is 3. The molecule has 0 bridgehead atoms. The first-order valence-corrected chi connectivity index (χ1v) is 14.1. The van der Waals surface area contributed by atoms with Crippen molar-refractivity contribution in [3.05, 3.63) is 146 Å². The zero-order chi connectivity index (χ0) is 28.2. The maximum atomic E-state index is 4.32. The maximum absolute atomic E-state index is 4.32. The van der Waals surface area contributed by atoms with Crippen LogP contribution in [-0.2, 0) is 20.1 Å². The molecular formula is C38H27IrN4. The van der Waals surface area contributed by atoms with Crippen molar-refractivity contribution in [2.24, 2.45) is 0 Å². The second-order valence-corrected chi connectivity index (χ2v) is 10.8. The molecule has 0 saturated carbocycles. The zero-order valence-corrected chi connectivity index (χ0v) is 26.1. The number of para-hydroxylation sites is 4. The van der Waals surface area contributed by atoms with Gasteiger partial charge < -0.3 is 19.2 Å². The van der Waals surface area contributed by atoms with Crippen molar-refractivity contribution in [1.29, 1.82) is 0 Å². The van der Waals surface area contributed by atoms with Gasteiger partial charge in [-0.15, -0.1) is 53.0 Å². The Morgan fingerprint density at radius 2 is 1.44 bits per heavy atom. The molecule has 4 heterocycles. The predicted octanol–water partition coefficient (Wildman–Crippen LogP) is 9.20. The molecule has 0 aliphatic carbocycles. The van der Waals surface area contributed by atoms with Crippen LogP contribution in [0.2, 0.25) is 0 Å². The molecule has 5 aromatic carbocycles. The van der Waals surface area contributed by atoms with E-state index in [1.165, 1.54) is 55.0 Å². The molecule has 0 spiro atoms. The number of benzene rings is 5. The van der Waals surface area contributed by atoms with Gasteiger partial charge in [0.25, 0.3) is 0 Å². The zero-order valence-electron chi connectivity index (χ0n) is 23.7. The number of aromatic nitrogens is 2. The molecule has 0 radical (unpaired) electrons. The SMILES string of the molecule is CN1[CH-]N(c2[c-]cc3c(c2)c2cccc4c5ccccc5n3c24)c2ccccc21.Cc1ccc(-c2[c-]cccc2)nc1.[Ir+3]. The van der Waals surface area contributed by atoms with Gasteiger partial charge in [-0.05, 0) is 48.8 Å². The fourth-order valence-corrected chi connectivity index (χ4v) is 6.13. The van der Waals surface area contributed by atoms with E-state index in [1.54, 1.807) is 0 Å². The van der Waals surface area contributed by atoms with Gasteiger partial charge in [0.05, 0.1) is 0 Å². The molecule has 208 valence electrons. The number of fused-ring (bicyclic) bond motifs is 7. The Kier molecular flexibility index (Phi) is 6.85. The number of hydrogen-bond donors (Lipinski definition) is 0. The molecule has 0 amide bonds. The monoisotopic (exact) mass is 732 g/mol. The third-order valence-electron chi connectivity index (χ3n) is 8.11. The van der Waals surface area contributed by atoms with Crippen molar-refractivity contribution >= 4 is 55.2 Å². The number of pyridine rings is 1. The summed E-state index contributed by atoms with van der Waals surface area (Å²) in [5, 5.41) is 5.19. The van der Waals surface area contributed by atoms with Gasteiger partial charge in [0.15, 0.2) is 0 Å². The molecule has 1 aliphatic heterocycles. The van der Waals surface area contributed by atoms with Crippen LogP contribution in [0.5, 0.6) is 0 Å². The van der Waals surface area contributed by atoms with Crippen LogP contribution in [0.4, 0.5) is 17.1 Å². The van der Waals surface area contributed by atoms with Gasteiger partial charge in [-0.1, -0.05) is 66.2 Å². The van der Waals surface area contributed by atoms with Gasteiger partial charge in [0.1, 0.15) is 0 Å². The van der Waals surface area contributed by atoms with Gasteiger partial charge >= 0.3 is 20.1 Å². The quantitative estimate of drug-likeness (QED) is 0.166. The summed E-state index contributed by atoms with van der Waals surface area (Å²) in [6.45, 7) is 4.17. The molecule has 0 N–H and O–H groups in total. The van der Waals surface area contributed by atoms with Crippen LogP contribution in [0.1, 0.15) is 5.56 Å². The van der Waals surface area contributed by atoms with Gasteiger partial charge in [-0.2, -0.15) is 18.8 Å². The molecule has 0 saturated heterocycles. The number of aryl methyl sites for hydroxylation is 1. The third-order valence-corrected chi connectivity index (χ3v) is 8.11. The van der Waals surface area contributed by atoms with Crippen molar-refractivity contribution in [2.75, 3.05) is 16.8 Å². The topological polar surface area (TPSA) is 23.8 Å². The second kappa shape index (κ2) is 10.9. The largest absolute Gasteiger partial charge is 3.00 e. The Morgan fingerprint density at radius 3 is 2.23 bits per heavy atom. The normalized spacial score (nSPS) is 12.5. The summed E-state index contributed by atoms with van der Waals surface area (Å²) in [6, 6.07) is 46.8. The Balaban J connectivity index is 0.000000182. The molecule has 4 nitrogen and oxygen atoms in total. The van der Waals surface area contributed by atoms with E-state index in [0.717, 1.165) is 16.9 Å². The van der Waals surface area contributed by atoms with Gasteiger partial charge in [-0.25, -0.2) is 0 Å². The van der Waals surface area contributed by atoms with Crippen LogP contribution in [-0.4, -0.2) is 16.4 Å². The van der Waals surface area contributed by atoms with E-state index < -0.39 is 0 Å². The molecular weight excluding hydrogens is 705 g/mol. The second-order valence-electron chi connectivity index (χ2n) is 10.8. The van der Waals surface area contributed by atoms with Gasteiger partial charge in [0, 0.05) is 39.4 Å². The Morgan fingerprint density at radius 1 is 0.698 bits per heavy atom.